The minimum atomic E-state index is 0.592. The Labute approximate surface area is 131 Å². The first-order valence-corrected chi connectivity index (χ1v) is 7.41. The number of methoxy groups -OCH3 is 1. The predicted molar refractivity (Wildman–Crippen MR) is 81.3 cm³/mol. The summed E-state index contributed by atoms with van der Waals surface area (Å²) in [7, 11) is 5.68. The van der Waals surface area contributed by atoms with E-state index in [0.29, 0.717) is 33.0 Å². The number of hydrogen-bond donors (Lipinski definition) is 0. The normalized spacial score (nSPS) is 11.2. The second-order valence-corrected chi connectivity index (χ2v) is 5.01. The van der Waals surface area contributed by atoms with Gasteiger partial charge in [0.2, 0.25) is 5.82 Å². The molecule has 2 heterocycles. The molecule has 2 aromatic heterocycles. The molecule has 0 spiro atoms. The van der Waals surface area contributed by atoms with Crippen molar-refractivity contribution < 1.29 is 18.8 Å². The molecule has 22 heavy (non-hydrogen) atoms. The highest BCUT2D eigenvalue weighted by Crippen LogP contribution is 2.11. The third-order valence-corrected chi connectivity index (χ3v) is 3.38. The Balaban J connectivity index is 1.78. The molecule has 7 heteroatoms. The molecule has 0 bridgehead atoms. The van der Waals surface area contributed by atoms with Gasteiger partial charge in [-0.25, -0.2) is 14.1 Å². The zero-order valence-corrected chi connectivity index (χ0v) is 13.6. The number of imidazole rings is 2. The van der Waals surface area contributed by atoms with Crippen LogP contribution >= 0.6 is 0 Å². The lowest BCUT2D eigenvalue weighted by molar-refractivity contribution is -0.687. The number of ether oxygens (including phenoxy) is 3. The second kappa shape index (κ2) is 8.67. The van der Waals surface area contributed by atoms with Crippen molar-refractivity contribution in [3.8, 4) is 11.6 Å². The van der Waals surface area contributed by atoms with Crippen LogP contribution in [-0.4, -0.2) is 54.3 Å². The fourth-order valence-corrected chi connectivity index (χ4v) is 2.20. The van der Waals surface area contributed by atoms with Crippen LogP contribution in [0, 0.1) is 0 Å². The minimum Gasteiger partial charge on any atom is -0.382 e. The van der Waals surface area contributed by atoms with Crippen molar-refractivity contribution in [2.75, 3.05) is 40.1 Å². The number of nitrogens with zero attached hydrogens (tertiary/aromatic N) is 4. The number of hydrogen-bond acceptors (Lipinski definition) is 4. The lowest BCUT2D eigenvalue weighted by Crippen LogP contribution is -2.37. The van der Waals surface area contributed by atoms with Gasteiger partial charge in [0.05, 0.1) is 40.1 Å². The number of rotatable bonds is 10. The molecule has 2 rings (SSSR count). The van der Waals surface area contributed by atoms with E-state index in [1.54, 1.807) is 13.3 Å². The monoisotopic (exact) mass is 309 g/mol. The van der Waals surface area contributed by atoms with Gasteiger partial charge in [-0.05, 0) is 0 Å². The third-order valence-electron chi connectivity index (χ3n) is 3.38. The topological polar surface area (TPSA) is 54.3 Å². The molecule has 0 radical (unpaired) electrons. The van der Waals surface area contributed by atoms with Crippen LogP contribution in [0.5, 0.6) is 0 Å². The van der Waals surface area contributed by atoms with Gasteiger partial charge in [-0.15, -0.1) is 0 Å². The first kappa shape index (κ1) is 16.7. The highest BCUT2D eigenvalue weighted by molar-refractivity contribution is 5.40. The Morgan fingerprint density at radius 3 is 2.41 bits per heavy atom. The maximum absolute atomic E-state index is 5.61. The van der Waals surface area contributed by atoms with Crippen LogP contribution in [0.2, 0.25) is 0 Å². The Hall–Kier alpha value is -1.70. The van der Waals surface area contributed by atoms with E-state index in [2.05, 4.69) is 14.1 Å². The van der Waals surface area contributed by atoms with Gasteiger partial charge in [-0.1, -0.05) is 0 Å². The maximum atomic E-state index is 5.61. The fourth-order valence-electron chi connectivity index (χ4n) is 2.20. The van der Waals surface area contributed by atoms with Crippen molar-refractivity contribution in [3.05, 3.63) is 24.8 Å². The summed E-state index contributed by atoms with van der Waals surface area (Å²) in [6.45, 7) is 3.83. The van der Waals surface area contributed by atoms with E-state index in [4.69, 9.17) is 14.2 Å². The molecule has 0 saturated carbocycles. The second-order valence-electron chi connectivity index (χ2n) is 5.01. The van der Waals surface area contributed by atoms with E-state index in [9.17, 15) is 0 Å². The first-order valence-electron chi connectivity index (χ1n) is 7.41. The summed E-state index contributed by atoms with van der Waals surface area (Å²) < 4.78 is 22.1. The molecular formula is C15H25N4O3+. The Bertz CT molecular complexity index is 565. The Morgan fingerprint density at radius 1 is 1.00 bits per heavy atom. The fraction of sp³-hybridized carbons (Fsp3) is 0.600. The van der Waals surface area contributed by atoms with Crippen molar-refractivity contribution in [1.82, 2.24) is 14.1 Å². The third kappa shape index (κ3) is 4.40. The van der Waals surface area contributed by atoms with Gasteiger partial charge >= 0.3 is 5.82 Å². The first-order chi connectivity index (χ1) is 10.7. The summed E-state index contributed by atoms with van der Waals surface area (Å²) in [6, 6.07) is 0. The van der Waals surface area contributed by atoms with Crippen LogP contribution in [0.1, 0.15) is 0 Å². The van der Waals surface area contributed by atoms with Crippen LogP contribution in [0.4, 0.5) is 0 Å². The van der Waals surface area contributed by atoms with Crippen LogP contribution in [-0.2, 0) is 34.9 Å². The van der Waals surface area contributed by atoms with Gasteiger partial charge in [0, 0.05) is 26.6 Å². The molecule has 0 N–H and O–H groups in total. The lowest BCUT2D eigenvalue weighted by Gasteiger charge is -2.06. The van der Waals surface area contributed by atoms with Gasteiger partial charge < -0.3 is 18.8 Å². The van der Waals surface area contributed by atoms with Gasteiger partial charge in [0.25, 0.3) is 0 Å². The summed E-state index contributed by atoms with van der Waals surface area (Å²) in [6.07, 6.45) is 7.82. The molecule has 0 aromatic carbocycles. The molecule has 0 unspecified atom stereocenters. The maximum Gasteiger partial charge on any atom is 0.325 e. The summed E-state index contributed by atoms with van der Waals surface area (Å²) >= 11 is 0. The highest BCUT2D eigenvalue weighted by Gasteiger charge is 2.20. The van der Waals surface area contributed by atoms with Crippen molar-refractivity contribution in [2.45, 2.75) is 6.54 Å². The van der Waals surface area contributed by atoms with Crippen molar-refractivity contribution in [1.29, 1.82) is 0 Å². The lowest BCUT2D eigenvalue weighted by atomic mass is 10.5. The molecule has 0 atom stereocenters. The highest BCUT2D eigenvalue weighted by atomic mass is 16.5. The van der Waals surface area contributed by atoms with Crippen LogP contribution in [0.3, 0.4) is 0 Å². The molecule has 7 nitrogen and oxygen atoms in total. The van der Waals surface area contributed by atoms with Gasteiger partial charge in [-0.3, -0.25) is 0 Å². The summed E-state index contributed by atoms with van der Waals surface area (Å²) in [5.74, 6) is 2.00. The van der Waals surface area contributed by atoms with Crippen LogP contribution in [0.25, 0.3) is 11.6 Å². The summed E-state index contributed by atoms with van der Waals surface area (Å²) in [5.41, 5.74) is 0. The van der Waals surface area contributed by atoms with E-state index in [1.807, 2.05) is 37.3 Å². The van der Waals surface area contributed by atoms with Gasteiger partial charge in [-0.2, -0.15) is 0 Å². The molecule has 122 valence electrons. The average Bonchev–Trinajstić information content (AvgIpc) is 3.07. The molecule has 0 fully saturated rings. The Kier molecular flexibility index (Phi) is 6.57. The predicted octanol–water partition coefficient (Wildman–Crippen LogP) is 0.393. The van der Waals surface area contributed by atoms with Crippen LogP contribution < -0.4 is 4.57 Å². The summed E-state index contributed by atoms with van der Waals surface area (Å²) in [5, 5.41) is 0. The molecule has 0 aliphatic heterocycles. The van der Waals surface area contributed by atoms with Crippen molar-refractivity contribution >= 4 is 0 Å². The standard InChI is InChI=1S/C15H25N4O3/c1-17-5-4-16-14(17)15-18(2)6-7-19(15)8-9-21-12-13-22-11-10-20-3/h4-7H,8-13H2,1-3H3/q+1. The van der Waals surface area contributed by atoms with Gasteiger partial charge in [0.15, 0.2) is 0 Å². The molecule has 0 aliphatic carbocycles. The van der Waals surface area contributed by atoms with E-state index in [-0.39, 0.29) is 0 Å². The SMILES string of the molecule is COCCOCCOCC[n+]1ccn(C)c1-c1nccn1C. The number of aromatic nitrogens is 4. The quantitative estimate of drug-likeness (QED) is 0.471. The Morgan fingerprint density at radius 2 is 1.73 bits per heavy atom. The van der Waals surface area contributed by atoms with E-state index in [1.165, 1.54) is 0 Å². The van der Waals surface area contributed by atoms with Gasteiger partial charge in [0.1, 0.15) is 18.9 Å². The van der Waals surface area contributed by atoms with E-state index in [0.717, 1.165) is 18.2 Å². The largest absolute Gasteiger partial charge is 0.382 e. The van der Waals surface area contributed by atoms with E-state index < -0.39 is 0 Å². The zero-order valence-electron chi connectivity index (χ0n) is 13.6. The van der Waals surface area contributed by atoms with Crippen molar-refractivity contribution in [3.63, 3.8) is 0 Å². The molecule has 0 saturated heterocycles. The van der Waals surface area contributed by atoms with E-state index >= 15 is 0 Å². The van der Waals surface area contributed by atoms with Crippen LogP contribution in [0.15, 0.2) is 24.8 Å². The molecular weight excluding hydrogens is 284 g/mol. The average molecular weight is 309 g/mol. The minimum absolute atomic E-state index is 0.592. The zero-order chi connectivity index (χ0) is 15.8. The molecule has 0 amide bonds. The molecule has 2 aromatic rings. The molecule has 0 aliphatic rings. The number of aryl methyl sites for hydroxylation is 2. The summed E-state index contributed by atoms with van der Waals surface area (Å²) in [4.78, 5) is 4.41. The smallest absolute Gasteiger partial charge is 0.325 e. The van der Waals surface area contributed by atoms with Crippen molar-refractivity contribution in [2.24, 2.45) is 14.1 Å².